The van der Waals surface area contributed by atoms with E-state index in [9.17, 15) is 14.4 Å². The standard InChI is InChI=1S/C29H22N2O6/c32-25-16-27(28(33)30-14-13-18-5-7-20(8-6-18)29(34)35)37-26-15-22(11-12-23(25)26)36-17-21-10-9-19-3-1-2-4-24(19)31-21/h1-12,15-16H,13-14,17H2,(H,30,33)(H,34,35). The van der Waals surface area contributed by atoms with Gasteiger partial charge in [0.1, 0.15) is 17.9 Å². The third-order valence-electron chi connectivity index (χ3n) is 5.87. The largest absolute Gasteiger partial charge is 0.487 e. The van der Waals surface area contributed by atoms with Gasteiger partial charge in [0.2, 0.25) is 0 Å². The van der Waals surface area contributed by atoms with Gasteiger partial charge in [-0.1, -0.05) is 36.4 Å². The van der Waals surface area contributed by atoms with Crippen LogP contribution in [0.25, 0.3) is 21.9 Å². The number of carboxylic acids is 1. The Kier molecular flexibility index (Phi) is 6.63. The zero-order chi connectivity index (χ0) is 25.8. The van der Waals surface area contributed by atoms with Crippen LogP contribution in [0.15, 0.2) is 94.1 Å². The monoisotopic (exact) mass is 494 g/mol. The molecule has 0 fully saturated rings. The molecule has 8 nitrogen and oxygen atoms in total. The molecule has 0 atom stereocenters. The number of nitrogens with zero attached hydrogens (tertiary/aromatic N) is 1. The van der Waals surface area contributed by atoms with E-state index in [0.29, 0.717) is 17.6 Å². The van der Waals surface area contributed by atoms with Crippen LogP contribution in [0, 0.1) is 0 Å². The normalized spacial score (nSPS) is 10.9. The number of rotatable bonds is 8. The topological polar surface area (TPSA) is 119 Å². The lowest BCUT2D eigenvalue weighted by Crippen LogP contribution is -2.26. The van der Waals surface area contributed by atoms with Gasteiger partial charge < -0.3 is 19.6 Å². The first-order valence-electron chi connectivity index (χ1n) is 11.6. The van der Waals surface area contributed by atoms with Gasteiger partial charge in [0.15, 0.2) is 11.2 Å². The number of amides is 1. The molecule has 37 heavy (non-hydrogen) atoms. The fourth-order valence-electron chi connectivity index (χ4n) is 3.90. The molecule has 0 aliphatic rings. The van der Waals surface area contributed by atoms with Crippen LogP contribution in [0.3, 0.4) is 0 Å². The van der Waals surface area contributed by atoms with Gasteiger partial charge in [0, 0.05) is 24.1 Å². The SMILES string of the molecule is O=C(O)c1ccc(CCNC(=O)c2cc(=O)c3ccc(OCc4ccc5ccccc5n4)cc3o2)cc1. The molecule has 0 saturated heterocycles. The second kappa shape index (κ2) is 10.3. The average molecular weight is 495 g/mol. The maximum absolute atomic E-state index is 12.6. The van der Waals surface area contributed by atoms with E-state index < -0.39 is 11.9 Å². The van der Waals surface area contributed by atoms with E-state index in [-0.39, 0.29) is 35.5 Å². The van der Waals surface area contributed by atoms with Crippen LogP contribution in [0.1, 0.15) is 32.2 Å². The Bertz CT molecular complexity index is 1670. The first-order chi connectivity index (χ1) is 18.0. The van der Waals surface area contributed by atoms with Crippen LogP contribution in [0.5, 0.6) is 5.75 Å². The maximum Gasteiger partial charge on any atom is 0.335 e. The van der Waals surface area contributed by atoms with E-state index in [1.165, 1.54) is 18.2 Å². The van der Waals surface area contributed by atoms with Crippen LogP contribution in [-0.4, -0.2) is 28.5 Å². The summed E-state index contributed by atoms with van der Waals surface area (Å²) in [6.07, 6.45) is 0.490. The highest BCUT2D eigenvalue weighted by atomic mass is 16.5. The fraction of sp³-hybridized carbons (Fsp3) is 0.103. The van der Waals surface area contributed by atoms with Gasteiger partial charge in [-0.2, -0.15) is 0 Å². The van der Waals surface area contributed by atoms with Gasteiger partial charge in [-0.15, -0.1) is 0 Å². The van der Waals surface area contributed by atoms with Gasteiger partial charge in [-0.25, -0.2) is 9.78 Å². The van der Waals surface area contributed by atoms with E-state index >= 15 is 0 Å². The van der Waals surface area contributed by atoms with E-state index in [4.69, 9.17) is 14.3 Å². The number of carbonyl (C=O) groups is 2. The van der Waals surface area contributed by atoms with Crippen molar-refractivity contribution in [3.05, 3.63) is 118 Å². The summed E-state index contributed by atoms with van der Waals surface area (Å²) in [6.45, 7) is 0.517. The predicted molar refractivity (Wildman–Crippen MR) is 138 cm³/mol. The summed E-state index contributed by atoms with van der Waals surface area (Å²) < 4.78 is 11.6. The minimum absolute atomic E-state index is 0.105. The van der Waals surface area contributed by atoms with Crippen LogP contribution in [-0.2, 0) is 13.0 Å². The van der Waals surface area contributed by atoms with E-state index in [1.54, 1.807) is 30.3 Å². The Morgan fingerprint density at radius 1 is 0.946 bits per heavy atom. The zero-order valence-corrected chi connectivity index (χ0v) is 19.6. The number of carbonyl (C=O) groups excluding carboxylic acids is 1. The zero-order valence-electron chi connectivity index (χ0n) is 19.6. The molecule has 5 rings (SSSR count). The molecule has 0 unspecified atom stereocenters. The molecule has 5 aromatic rings. The molecular weight excluding hydrogens is 472 g/mol. The molecule has 0 radical (unpaired) electrons. The summed E-state index contributed by atoms with van der Waals surface area (Å²) in [5.41, 5.74) is 2.60. The van der Waals surface area contributed by atoms with Crippen LogP contribution in [0.4, 0.5) is 0 Å². The predicted octanol–water partition coefficient (Wildman–Crippen LogP) is 4.59. The summed E-state index contributed by atoms with van der Waals surface area (Å²) in [6, 6.07) is 24.1. The lowest BCUT2D eigenvalue weighted by atomic mass is 10.1. The smallest absolute Gasteiger partial charge is 0.335 e. The Morgan fingerprint density at radius 2 is 1.76 bits per heavy atom. The number of para-hydroxylation sites is 1. The Labute approximate surface area is 211 Å². The minimum Gasteiger partial charge on any atom is -0.487 e. The van der Waals surface area contributed by atoms with Crippen LogP contribution in [0.2, 0.25) is 0 Å². The highest BCUT2D eigenvalue weighted by molar-refractivity contribution is 5.93. The molecule has 0 spiro atoms. The highest BCUT2D eigenvalue weighted by Crippen LogP contribution is 2.21. The van der Waals surface area contributed by atoms with Crippen molar-refractivity contribution in [3.63, 3.8) is 0 Å². The van der Waals surface area contributed by atoms with E-state index in [2.05, 4.69) is 10.3 Å². The summed E-state index contributed by atoms with van der Waals surface area (Å²) in [4.78, 5) is 40.7. The molecule has 2 N–H and O–H groups in total. The van der Waals surface area contributed by atoms with Gasteiger partial charge in [0.25, 0.3) is 5.91 Å². The van der Waals surface area contributed by atoms with Crippen molar-refractivity contribution in [1.29, 1.82) is 0 Å². The van der Waals surface area contributed by atoms with E-state index in [1.807, 2.05) is 36.4 Å². The summed E-state index contributed by atoms with van der Waals surface area (Å²) in [5, 5.41) is 13.1. The lowest BCUT2D eigenvalue weighted by Gasteiger charge is -2.09. The van der Waals surface area contributed by atoms with Crippen molar-refractivity contribution in [3.8, 4) is 5.75 Å². The van der Waals surface area contributed by atoms with Crippen LogP contribution >= 0.6 is 0 Å². The average Bonchev–Trinajstić information content (AvgIpc) is 2.91. The number of nitrogens with one attached hydrogen (secondary N) is 1. The number of aromatic carboxylic acids is 1. The minimum atomic E-state index is -0.995. The van der Waals surface area contributed by atoms with Crippen molar-refractivity contribution in [1.82, 2.24) is 10.3 Å². The highest BCUT2D eigenvalue weighted by Gasteiger charge is 2.13. The summed E-state index contributed by atoms with van der Waals surface area (Å²) >= 11 is 0. The lowest BCUT2D eigenvalue weighted by molar-refractivity contribution is 0.0696. The van der Waals surface area contributed by atoms with Gasteiger partial charge >= 0.3 is 5.97 Å². The number of fused-ring (bicyclic) bond motifs is 2. The number of pyridine rings is 1. The maximum atomic E-state index is 12.6. The number of benzene rings is 3. The third kappa shape index (κ3) is 5.48. The first kappa shape index (κ1) is 23.7. The van der Waals surface area contributed by atoms with Crippen molar-refractivity contribution >= 4 is 33.7 Å². The molecular formula is C29H22N2O6. The molecule has 1 amide bonds. The molecule has 3 aromatic carbocycles. The van der Waals surface area contributed by atoms with Crippen molar-refractivity contribution in [2.24, 2.45) is 0 Å². The Balaban J connectivity index is 1.25. The number of hydrogen-bond donors (Lipinski definition) is 2. The van der Waals surface area contributed by atoms with Gasteiger partial charge in [0.05, 0.1) is 22.2 Å². The van der Waals surface area contributed by atoms with Crippen molar-refractivity contribution < 1.29 is 23.8 Å². The van der Waals surface area contributed by atoms with Crippen molar-refractivity contribution in [2.75, 3.05) is 6.54 Å². The Hall–Kier alpha value is -4.98. The molecule has 0 aliphatic heterocycles. The molecule has 184 valence electrons. The molecule has 0 bridgehead atoms. The first-order valence-corrected chi connectivity index (χ1v) is 11.6. The van der Waals surface area contributed by atoms with E-state index in [0.717, 1.165) is 22.2 Å². The number of hydrogen-bond acceptors (Lipinski definition) is 6. The van der Waals surface area contributed by atoms with Crippen molar-refractivity contribution in [2.45, 2.75) is 13.0 Å². The van der Waals surface area contributed by atoms with Gasteiger partial charge in [-0.3, -0.25) is 9.59 Å². The number of carboxylic acid groups (broad SMARTS) is 1. The van der Waals surface area contributed by atoms with Gasteiger partial charge in [-0.05, 0) is 48.4 Å². The fourth-order valence-corrected chi connectivity index (χ4v) is 3.90. The molecule has 0 saturated carbocycles. The Morgan fingerprint density at radius 3 is 2.57 bits per heavy atom. The molecule has 2 aromatic heterocycles. The quantitative estimate of drug-likeness (QED) is 0.324. The molecule has 2 heterocycles. The number of aromatic nitrogens is 1. The molecule has 8 heteroatoms. The molecule has 0 aliphatic carbocycles. The third-order valence-corrected chi connectivity index (χ3v) is 5.87. The summed E-state index contributed by atoms with van der Waals surface area (Å²) in [5.74, 6) is -1.14. The number of ether oxygens (including phenoxy) is 1. The summed E-state index contributed by atoms with van der Waals surface area (Å²) in [7, 11) is 0. The van der Waals surface area contributed by atoms with Crippen LogP contribution < -0.4 is 15.5 Å². The second-order valence-electron chi connectivity index (χ2n) is 8.42. The second-order valence-corrected chi connectivity index (χ2v) is 8.42.